The van der Waals surface area contributed by atoms with Crippen molar-refractivity contribution in [1.29, 1.82) is 0 Å². The van der Waals surface area contributed by atoms with Crippen LogP contribution in [0.4, 0.5) is 5.69 Å². The molecule has 2 nitrogen and oxygen atoms in total. The molecule has 1 aliphatic rings. The molecule has 0 aromatic heterocycles. The second-order valence-electron chi connectivity index (χ2n) is 6.67. The first kappa shape index (κ1) is 18.7. The molecule has 2 aromatic rings. The van der Waals surface area contributed by atoms with Gasteiger partial charge in [-0.1, -0.05) is 64.6 Å². The third kappa shape index (κ3) is 5.19. The van der Waals surface area contributed by atoms with Gasteiger partial charge in [-0.15, -0.1) is 0 Å². The molecule has 132 valence electrons. The lowest BCUT2D eigenvalue weighted by Gasteiger charge is -2.32. The molecule has 1 saturated carbocycles. The third-order valence-corrected chi connectivity index (χ3v) is 5.92. The van der Waals surface area contributed by atoms with Crippen LogP contribution in [0.15, 0.2) is 53.0 Å². The van der Waals surface area contributed by atoms with Crippen LogP contribution in [0, 0.1) is 0 Å². The minimum atomic E-state index is 0.0647. The highest BCUT2D eigenvalue weighted by Gasteiger charge is 2.34. The normalized spacial score (nSPS) is 15.8. The van der Waals surface area contributed by atoms with E-state index >= 15 is 0 Å². The predicted octanol–water partition coefficient (Wildman–Crippen LogP) is 6.33. The van der Waals surface area contributed by atoms with Crippen molar-refractivity contribution in [3.05, 3.63) is 63.6 Å². The van der Waals surface area contributed by atoms with Gasteiger partial charge in [0.1, 0.15) is 0 Å². The quantitative estimate of drug-likeness (QED) is 0.534. The van der Waals surface area contributed by atoms with Gasteiger partial charge in [0.25, 0.3) is 0 Å². The maximum atomic E-state index is 6.32. The zero-order chi connectivity index (χ0) is 17.7. The van der Waals surface area contributed by atoms with E-state index in [1.54, 1.807) is 0 Å². The van der Waals surface area contributed by atoms with Crippen molar-refractivity contribution in [2.45, 2.75) is 44.1 Å². The maximum absolute atomic E-state index is 6.32. The summed E-state index contributed by atoms with van der Waals surface area (Å²) in [5.74, 6) is 0. The maximum Gasteiger partial charge on any atom is 0.171 e. The van der Waals surface area contributed by atoms with E-state index in [1.807, 2.05) is 36.4 Å². The molecule has 2 aromatic carbocycles. The summed E-state index contributed by atoms with van der Waals surface area (Å²) in [6.07, 6.45) is 6.79. The summed E-state index contributed by atoms with van der Waals surface area (Å²) < 4.78 is 1.04. The van der Waals surface area contributed by atoms with Crippen LogP contribution in [-0.4, -0.2) is 10.7 Å². The summed E-state index contributed by atoms with van der Waals surface area (Å²) in [7, 11) is 0. The van der Waals surface area contributed by atoms with Crippen LogP contribution in [0.3, 0.4) is 0 Å². The fourth-order valence-electron chi connectivity index (χ4n) is 3.53. The third-order valence-electron chi connectivity index (χ3n) is 4.85. The molecule has 0 unspecified atom stereocenters. The average molecular weight is 438 g/mol. The van der Waals surface area contributed by atoms with Gasteiger partial charge in [-0.05, 0) is 67.7 Å². The Labute approximate surface area is 168 Å². The van der Waals surface area contributed by atoms with Crippen molar-refractivity contribution in [2.75, 3.05) is 5.32 Å². The number of benzene rings is 2. The SMILES string of the molecule is S=C(Nc1cccc(Br)c1)NC1(CCc2ccccc2Cl)CCCC1. The van der Waals surface area contributed by atoms with Gasteiger partial charge in [-0.25, -0.2) is 0 Å². The van der Waals surface area contributed by atoms with Crippen LogP contribution in [-0.2, 0) is 6.42 Å². The van der Waals surface area contributed by atoms with E-state index in [0.717, 1.165) is 40.9 Å². The molecule has 0 bridgehead atoms. The molecule has 0 amide bonds. The first-order valence-electron chi connectivity index (χ1n) is 8.65. The van der Waals surface area contributed by atoms with E-state index in [4.69, 9.17) is 23.8 Å². The Morgan fingerprint density at radius 2 is 1.88 bits per heavy atom. The van der Waals surface area contributed by atoms with Gasteiger partial charge in [-0.2, -0.15) is 0 Å². The zero-order valence-corrected chi connectivity index (χ0v) is 17.2. The topological polar surface area (TPSA) is 24.1 Å². The molecular formula is C20H22BrClN2S. The minimum Gasteiger partial charge on any atom is -0.357 e. The molecular weight excluding hydrogens is 416 g/mol. The number of aryl methyl sites for hydroxylation is 1. The van der Waals surface area contributed by atoms with Crippen molar-refractivity contribution in [1.82, 2.24) is 5.32 Å². The second kappa shape index (κ2) is 8.52. The summed E-state index contributed by atoms with van der Waals surface area (Å²) in [4.78, 5) is 0. The average Bonchev–Trinajstić information content (AvgIpc) is 3.02. The number of rotatable bonds is 5. The first-order valence-corrected chi connectivity index (χ1v) is 10.2. The van der Waals surface area contributed by atoms with Gasteiger partial charge in [0, 0.05) is 20.7 Å². The van der Waals surface area contributed by atoms with Crippen LogP contribution in [0.25, 0.3) is 0 Å². The lowest BCUT2D eigenvalue weighted by Crippen LogP contribution is -2.48. The molecule has 25 heavy (non-hydrogen) atoms. The van der Waals surface area contributed by atoms with Crippen LogP contribution in [0.2, 0.25) is 5.02 Å². The molecule has 0 aliphatic heterocycles. The van der Waals surface area contributed by atoms with E-state index in [9.17, 15) is 0 Å². The van der Waals surface area contributed by atoms with Crippen LogP contribution in [0.1, 0.15) is 37.7 Å². The Morgan fingerprint density at radius 3 is 2.60 bits per heavy atom. The molecule has 2 N–H and O–H groups in total. The number of thiocarbonyl (C=S) groups is 1. The Balaban J connectivity index is 1.64. The molecule has 0 atom stereocenters. The molecule has 1 aliphatic carbocycles. The van der Waals surface area contributed by atoms with Crippen molar-refractivity contribution >= 4 is 50.5 Å². The van der Waals surface area contributed by atoms with Gasteiger partial charge < -0.3 is 10.6 Å². The lowest BCUT2D eigenvalue weighted by atomic mass is 9.89. The van der Waals surface area contributed by atoms with Gasteiger partial charge in [0.15, 0.2) is 5.11 Å². The van der Waals surface area contributed by atoms with Crippen LogP contribution >= 0.6 is 39.7 Å². The van der Waals surface area contributed by atoms with Gasteiger partial charge in [-0.3, -0.25) is 0 Å². The minimum absolute atomic E-state index is 0.0647. The van der Waals surface area contributed by atoms with Crippen LogP contribution < -0.4 is 10.6 Å². The first-order chi connectivity index (χ1) is 12.1. The summed E-state index contributed by atoms with van der Waals surface area (Å²) in [5.41, 5.74) is 2.27. The molecule has 0 spiro atoms. The number of hydrogen-bond acceptors (Lipinski definition) is 1. The van der Waals surface area contributed by atoms with Crippen molar-refractivity contribution in [3.8, 4) is 0 Å². The van der Waals surface area contributed by atoms with Gasteiger partial charge in [0.2, 0.25) is 0 Å². The highest BCUT2D eigenvalue weighted by molar-refractivity contribution is 9.10. The molecule has 0 radical (unpaired) electrons. The monoisotopic (exact) mass is 436 g/mol. The van der Waals surface area contributed by atoms with E-state index in [-0.39, 0.29) is 5.54 Å². The summed E-state index contributed by atoms with van der Waals surface area (Å²) >= 11 is 15.4. The highest BCUT2D eigenvalue weighted by atomic mass is 79.9. The number of nitrogens with one attached hydrogen (secondary N) is 2. The fraction of sp³-hybridized carbons (Fsp3) is 0.350. The number of hydrogen-bond donors (Lipinski definition) is 2. The zero-order valence-electron chi connectivity index (χ0n) is 14.0. The lowest BCUT2D eigenvalue weighted by molar-refractivity contribution is 0.362. The molecule has 1 fully saturated rings. The smallest absolute Gasteiger partial charge is 0.171 e. The molecule has 0 heterocycles. The van der Waals surface area contributed by atoms with Crippen molar-refractivity contribution in [3.63, 3.8) is 0 Å². The number of anilines is 1. The van der Waals surface area contributed by atoms with E-state index in [1.165, 1.54) is 18.4 Å². The summed E-state index contributed by atoms with van der Waals surface area (Å²) in [6.45, 7) is 0. The number of halogens is 2. The summed E-state index contributed by atoms with van der Waals surface area (Å²) in [6, 6.07) is 16.2. The molecule has 0 saturated heterocycles. The highest BCUT2D eigenvalue weighted by Crippen LogP contribution is 2.34. The largest absolute Gasteiger partial charge is 0.357 e. The second-order valence-corrected chi connectivity index (χ2v) is 8.40. The van der Waals surface area contributed by atoms with Gasteiger partial charge in [0.05, 0.1) is 0 Å². The van der Waals surface area contributed by atoms with Crippen LogP contribution in [0.5, 0.6) is 0 Å². The van der Waals surface area contributed by atoms with E-state index in [2.05, 4.69) is 38.7 Å². The van der Waals surface area contributed by atoms with Crippen molar-refractivity contribution < 1.29 is 0 Å². The predicted molar refractivity (Wildman–Crippen MR) is 114 cm³/mol. The van der Waals surface area contributed by atoms with Gasteiger partial charge >= 0.3 is 0 Å². The Hall–Kier alpha value is -1.10. The summed E-state index contributed by atoms with van der Waals surface area (Å²) in [5, 5.41) is 8.47. The Morgan fingerprint density at radius 1 is 1.12 bits per heavy atom. The van der Waals surface area contributed by atoms with E-state index < -0.39 is 0 Å². The Bertz CT molecular complexity index is 744. The molecule has 3 rings (SSSR count). The Kier molecular flexibility index (Phi) is 6.37. The fourth-order valence-corrected chi connectivity index (χ4v) is 4.50. The van der Waals surface area contributed by atoms with E-state index in [0.29, 0.717) is 5.11 Å². The van der Waals surface area contributed by atoms with Crippen molar-refractivity contribution in [2.24, 2.45) is 0 Å². The standard InChI is InChI=1S/C20H22BrClN2S/c21-16-7-5-8-17(14-16)23-19(25)24-20(11-3-4-12-20)13-10-15-6-1-2-9-18(15)22/h1-2,5-9,14H,3-4,10-13H2,(H2,23,24,25). The molecule has 5 heteroatoms.